The molecule has 0 atom stereocenters. The summed E-state index contributed by atoms with van der Waals surface area (Å²) in [6.07, 6.45) is 4.07. The van der Waals surface area contributed by atoms with Gasteiger partial charge < -0.3 is 19.7 Å². The molecule has 0 unspecified atom stereocenters. The van der Waals surface area contributed by atoms with E-state index in [1.807, 2.05) is 17.8 Å². The molecule has 2 rings (SSSR count). The molecule has 0 aliphatic rings. The Labute approximate surface area is 111 Å². The first-order valence-electron chi connectivity index (χ1n) is 6.02. The van der Waals surface area contributed by atoms with Gasteiger partial charge in [0, 0.05) is 40.0 Å². The molecule has 7 nitrogen and oxygen atoms in total. The van der Waals surface area contributed by atoms with Crippen molar-refractivity contribution in [2.24, 2.45) is 12.0 Å². The third-order valence-electron chi connectivity index (χ3n) is 2.56. The molecule has 0 aromatic carbocycles. The SMILES string of the molecule is CN=C(NCc1ccn(C)c1)NCc1noc(C)n1. The van der Waals surface area contributed by atoms with Crippen LogP contribution in [0.15, 0.2) is 28.0 Å². The van der Waals surface area contributed by atoms with E-state index in [-0.39, 0.29) is 0 Å². The molecule has 0 spiro atoms. The molecule has 0 saturated carbocycles. The van der Waals surface area contributed by atoms with Gasteiger partial charge in [0.05, 0.1) is 6.54 Å². The molecule has 19 heavy (non-hydrogen) atoms. The molecule has 2 heterocycles. The van der Waals surface area contributed by atoms with Gasteiger partial charge in [0.2, 0.25) is 5.89 Å². The highest BCUT2D eigenvalue weighted by Gasteiger charge is 2.04. The Balaban J connectivity index is 1.80. The summed E-state index contributed by atoms with van der Waals surface area (Å²) in [6.45, 7) is 2.95. The zero-order valence-electron chi connectivity index (χ0n) is 11.3. The largest absolute Gasteiger partial charge is 0.357 e. The third-order valence-corrected chi connectivity index (χ3v) is 2.56. The highest BCUT2D eigenvalue weighted by atomic mass is 16.5. The van der Waals surface area contributed by atoms with E-state index in [9.17, 15) is 0 Å². The topological polar surface area (TPSA) is 80.3 Å². The number of aromatic nitrogens is 3. The van der Waals surface area contributed by atoms with Crippen molar-refractivity contribution in [3.05, 3.63) is 35.7 Å². The van der Waals surface area contributed by atoms with Crippen molar-refractivity contribution in [3.63, 3.8) is 0 Å². The summed E-state index contributed by atoms with van der Waals surface area (Å²) in [5.74, 6) is 1.87. The van der Waals surface area contributed by atoms with Crippen molar-refractivity contribution in [3.8, 4) is 0 Å². The molecule has 0 aliphatic carbocycles. The molecule has 0 fully saturated rings. The highest BCUT2D eigenvalue weighted by molar-refractivity contribution is 5.79. The lowest BCUT2D eigenvalue weighted by atomic mass is 10.3. The van der Waals surface area contributed by atoms with Crippen LogP contribution in [0.5, 0.6) is 0 Å². The van der Waals surface area contributed by atoms with E-state index in [2.05, 4.69) is 38.0 Å². The summed E-state index contributed by atoms with van der Waals surface area (Å²) in [5.41, 5.74) is 1.20. The Bertz CT molecular complexity index is 510. The van der Waals surface area contributed by atoms with Gasteiger partial charge in [-0.1, -0.05) is 5.16 Å². The van der Waals surface area contributed by atoms with Gasteiger partial charge in [0.25, 0.3) is 0 Å². The molecule has 0 aliphatic heterocycles. The molecule has 2 N–H and O–H groups in total. The fraction of sp³-hybridized carbons (Fsp3) is 0.417. The first-order chi connectivity index (χ1) is 9.17. The van der Waals surface area contributed by atoms with Crippen LogP contribution in [0.4, 0.5) is 0 Å². The lowest BCUT2D eigenvalue weighted by molar-refractivity contribution is 0.387. The van der Waals surface area contributed by atoms with E-state index >= 15 is 0 Å². The van der Waals surface area contributed by atoms with Crippen molar-refractivity contribution in [2.75, 3.05) is 7.05 Å². The van der Waals surface area contributed by atoms with E-state index in [4.69, 9.17) is 4.52 Å². The van der Waals surface area contributed by atoms with Gasteiger partial charge in [0.1, 0.15) is 0 Å². The highest BCUT2D eigenvalue weighted by Crippen LogP contribution is 1.98. The minimum absolute atomic E-state index is 0.478. The van der Waals surface area contributed by atoms with Gasteiger partial charge in [-0.25, -0.2) is 0 Å². The first-order valence-corrected chi connectivity index (χ1v) is 6.02. The quantitative estimate of drug-likeness (QED) is 0.622. The Morgan fingerprint density at radius 3 is 2.79 bits per heavy atom. The minimum atomic E-state index is 0.478. The van der Waals surface area contributed by atoms with Gasteiger partial charge in [-0.05, 0) is 11.6 Å². The Morgan fingerprint density at radius 1 is 1.42 bits per heavy atom. The molecule has 0 amide bonds. The average Bonchev–Trinajstić information content (AvgIpc) is 2.99. The van der Waals surface area contributed by atoms with E-state index in [0.29, 0.717) is 30.8 Å². The zero-order valence-corrected chi connectivity index (χ0v) is 11.3. The van der Waals surface area contributed by atoms with Crippen LogP contribution in [-0.2, 0) is 20.1 Å². The average molecular weight is 262 g/mol. The fourth-order valence-electron chi connectivity index (χ4n) is 1.65. The normalized spacial score (nSPS) is 11.6. The van der Waals surface area contributed by atoms with Crippen LogP contribution in [0.1, 0.15) is 17.3 Å². The van der Waals surface area contributed by atoms with Crippen LogP contribution in [0.2, 0.25) is 0 Å². The third kappa shape index (κ3) is 3.84. The standard InChI is InChI=1S/C12H18N6O/c1-9-16-11(17-19-9)7-15-12(13-2)14-6-10-4-5-18(3)8-10/h4-5,8H,6-7H2,1-3H3,(H2,13,14,15). The van der Waals surface area contributed by atoms with Gasteiger partial charge in [-0.2, -0.15) is 4.98 Å². The Hall–Kier alpha value is -2.31. The molecule has 102 valence electrons. The summed E-state index contributed by atoms with van der Waals surface area (Å²) in [5, 5.41) is 10.1. The van der Waals surface area contributed by atoms with Crippen LogP contribution >= 0.6 is 0 Å². The monoisotopic (exact) mass is 262 g/mol. The van der Waals surface area contributed by atoms with Crippen LogP contribution in [0.3, 0.4) is 0 Å². The lowest BCUT2D eigenvalue weighted by Crippen LogP contribution is -2.36. The number of guanidine groups is 1. The maximum Gasteiger partial charge on any atom is 0.223 e. The second-order valence-electron chi connectivity index (χ2n) is 4.19. The lowest BCUT2D eigenvalue weighted by Gasteiger charge is -2.09. The van der Waals surface area contributed by atoms with Crippen molar-refractivity contribution < 1.29 is 4.52 Å². The molecule has 2 aromatic rings. The van der Waals surface area contributed by atoms with E-state index in [1.165, 1.54) is 5.56 Å². The smallest absolute Gasteiger partial charge is 0.223 e. The Morgan fingerprint density at radius 2 is 2.21 bits per heavy atom. The van der Waals surface area contributed by atoms with Crippen molar-refractivity contribution in [2.45, 2.75) is 20.0 Å². The fourth-order valence-corrected chi connectivity index (χ4v) is 1.65. The number of hydrogen-bond acceptors (Lipinski definition) is 4. The molecule has 7 heteroatoms. The number of aliphatic imine (C=N–C) groups is 1. The summed E-state index contributed by atoms with van der Waals surface area (Å²) in [4.78, 5) is 8.25. The number of nitrogens with one attached hydrogen (secondary N) is 2. The van der Waals surface area contributed by atoms with Gasteiger partial charge in [-0.3, -0.25) is 4.99 Å². The van der Waals surface area contributed by atoms with Gasteiger partial charge in [0.15, 0.2) is 11.8 Å². The number of aryl methyl sites for hydroxylation is 2. The van der Waals surface area contributed by atoms with Crippen molar-refractivity contribution in [1.82, 2.24) is 25.3 Å². The van der Waals surface area contributed by atoms with Crippen molar-refractivity contribution >= 4 is 5.96 Å². The van der Waals surface area contributed by atoms with E-state index < -0.39 is 0 Å². The van der Waals surface area contributed by atoms with Crippen molar-refractivity contribution in [1.29, 1.82) is 0 Å². The Kier molecular flexibility index (Phi) is 4.17. The van der Waals surface area contributed by atoms with Crippen LogP contribution in [-0.4, -0.2) is 27.7 Å². The molecular weight excluding hydrogens is 244 g/mol. The zero-order chi connectivity index (χ0) is 13.7. The molecule has 0 saturated heterocycles. The summed E-state index contributed by atoms with van der Waals surface area (Å²) >= 11 is 0. The van der Waals surface area contributed by atoms with Crippen LogP contribution in [0, 0.1) is 6.92 Å². The molecule has 0 radical (unpaired) electrons. The maximum atomic E-state index is 4.90. The van der Waals surface area contributed by atoms with Crippen LogP contribution < -0.4 is 10.6 Å². The molecular formula is C12H18N6O. The predicted octanol–water partition coefficient (Wildman–Crippen LogP) is 0.582. The minimum Gasteiger partial charge on any atom is -0.357 e. The second kappa shape index (κ2) is 6.03. The predicted molar refractivity (Wildman–Crippen MR) is 71.5 cm³/mol. The maximum absolute atomic E-state index is 4.90. The summed E-state index contributed by atoms with van der Waals surface area (Å²) < 4.78 is 6.91. The summed E-state index contributed by atoms with van der Waals surface area (Å²) in [7, 11) is 3.72. The van der Waals surface area contributed by atoms with Gasteiger partial charge in [-0.15, -0.1) is 0 Å². The molecule has 2 aromatic heterocycles. The van der Waals surface area contributed by atoms with E-state index in [0.717, 1.165) is 0 Å². The second-order valence-corrected chi connectivity index (χ2v) is 4.19. The number of rotatable bonds is 4. The van der Waals surface area contributed by atoms with Gasteiger partial charge >= 0.3 is 0 Å². The number of hydrogen-bond donors (Lipinski definition) is 2. The van der Waals surface area contributed by atoms with Crippen LogP contribution in [0.25, 0.3) is 0 Å². The first kappa shape index (κ1) is 13.1. The summed E-state index contributed by atoms with van der Waals surface area (Å²) in [6, 6.07) is 2.06. The number of nitrogens with zero attached hydrogens (tertiary/aromatic N) is 4. The van der Waals surface area contributed by atoms with E-state index in [1.54, 1.807) is 14.0 Å². The molecule has 0 bridgehead atoms.